The Morgan fingerprint density at radius 2 is 2.38 bits per heavy atom. The second kappa shape index (κ2) is 5.64. The molecule has 0 saturated carbocycles. The molecule has 2 atom stereocenters. The zero-order valence-corrected chi connectivity index (χ0v) is 10.1. The van der Waals surface area contributed by atoms with Gasteiger partial charge >= 0.3 is 0 Å². The van der Waals surface area contributed by atoms with Gasteiger partial charge in [0.15, 0.2) is 0 Å². The monoisotopic (exact) mass is 226 g/mol. The van der Waals surface area contributed by atoms with Gasteiger partial charge in [-0.1, -0.05) is 0 Å². The lowest BCUT2D eigenvalue weighted by Gasteiger charge is -2.24. The van der Waals surface area contributed by atoms with Crippen molar-refractivity contribution in [2.24, 2.45) is 5.92 Å². The normalized spacial score (nSPS) is 29.2. The highest BCUT2D eigenvalue weighted by Gasteiger charge is 2.35. The SMILES string of the molecule is CCOCCC(=O)N1C[C@@H]2CCCN[C@@H]2C1. The fraction of sp³-hybridized carbons (Fsp3) is 0.917. The van der Waals surface area contributed by atoms with E-state index in [0.29, 0.717) is 31.6 Å². The number of nitrogens with one attached hydrogen (secondary N) is 1. The molecule has 4 nitrogen and oxygen atoms in total. The summed E-state index contributed by atoms with van der Waals surface area (Å²) in [5.74, 6) is 0.939. The lowest BCUT2D eigenvalue weighted by Crippen LogP contribution is -2.41. The van der Waals surface area contributed by atoms with Gasteiger partial charge in [0.25, 0.3) is 0 Å². The van der Waals surface area contributed by atoms with Crippen LogP contribution in [0.1, 0.15) is 26.2 Å². The zero-order chi connectivity index (χ0) is 11.4. The summed E-state index contributed by atoms with van der Waals surface area (Å²) < 4.78 is 5.22. The first-order chi connectivity index (χ1) is 7.81. The minimum absolute atomic E-state index is 0.254. The Bertz CT molecular complexity index is 231. The summed E-state index contributed by atoms with van der Waals surface area (Å²) in [6, 6.07) is 0.546. The second-order valence-corrected chi connectivity index (χ2v) is 4.71. The van der Waals surface area contributed by atoms with Gasteiger partial charge in [0, 0.05) is 25.7 Å². The molecule has 2 fully saturated rings. The predicted octanol–water partition coefficient (Wildman–Crippen LogP) is 0.623. The number of ether oxygens (including phenoxy) is 1. The van der Waals surface area contributed by atoms with Gasteiger partial charge in [-0.05, 0) is 32.2 Å². The van der Waals surface area contributed by atoms with Crippen LogP contribution in [0.5, 0.6) is 0 Å². The van der Waals surface area contributed by atoms with Crippen LogP contribution in [-0.4, -0.2) is 49.7 Å². The number of hydrogen-bond donors (Lipinski definition) is 1. The Kier molecular flexibility index (Phi) is 4.18. The molecule has 2 aliphatic rings. The Morgan fingerprint density at radius 3 is 3.12 bits per heavy atom. The van der Waals surface area contributed by atoms with Crippen molar-refractivity contribution < 1.29 is 9.53 Å². The van der Waals surface area contributed by atoms with Crippen LogP contribution >= 0.6 is 0 Å². The van der Waals surface area contributed by atoms with Crippen molar-refractivity contribution in [1.29, 1.82) is 0 Å². The number of hydrogen-bond acceptors (Lipinski definition) is 3. The minimum Gasteiger partial charge on any atom is -0.381 e. The van der Waals surface area contributed by atoms with Gasteiger partial charge in [-0.2, -0.15) is 0 Å². The molecule has 4 heteroatoms. The van der Waals surface area contributed by atoms with E-state index in [1.807, 2.05) is 11.8 Å². The molecule has 1 amide bonds. The van der Waals surface area contributed by atoms with Crippen LogP contribution in [0.15, 0.2) is 0 Å². The highest BCUT2D eigenvalue weighted by molar-refractivity contribution is 5.76. The van der Waals surface area contributed by atoms with Gasteiger partial charge in [0.1, 0.15) is 0 Å². The second-order valence-electron chi connectivity index (χ2n) is 4.71. The average Bonchev–Trinajstić information content (AvgIpc) is 2.73. The average molecular weight is 226 g/mol. The molecule has 0 spiro atoms. The third-order valence-corrected chi connectivity index (χ3v) is 3.62. The fourth-order valence-electron chi connectivity index (χ4n) is 2.71. The maximum atomic E-state index is 11.9. The Morgan fingerprint density at radius 1 is 1.50 bits per heavy atom. The molecule has 0 aliphatic carbocycles. The van der Waals surface area contributed by atoms with Crippen molar-refractivity contribution in [3.63, 3.8) is 0 Å². The summed E-state index contributed by atoms with van der Waals surface area (Å²) in [5, 5.41) is 3.51. The van der Waals surface area contributed by atoms with E-state index in [2.05, 4.69) is 5.32 Å². The summed E-state index contributed by atoms with van der Waals surface area (Å²) in [6.45, 7) is 6.17. The molecule has 1 N–H and O–H groups in total. The van der Waals surface area contributed by atoms with E-state index in [0.717, 1.165) is 19.6 Å². The molecule has 0 aromatic rings. The van der Waals surface area contributed by atoms with Gasteiger partial charge in [-0.25, -0.2) is 0 Å². The van der Waals surface area contributed by atoms with Crippen molar-refractivity contribution in [2.75, 3.05) is 32.8 Å². The molecule has 0 aromatic carbocycles. The lowest BCUT2D eigenvalue weighted by atomic mass is 9.94. The molecule has 0 unspecified atom stereocenters. The van der Waals surface area contributed by atoms with Crippen LogP contribution in [0.2, 0.25) is 0 Å². The van der Waals surface area contributed by atoms with Gasteiger partial charge in [0.2, 0.25) is 5.91 Å². The van der Waals surface area contributed by atoms with Crippen LogP contribution in [-0.2, 0) is 9.53 Å². The smallest absolute Gasteiger partial charge is 0.224 e. The molecular weight excluding hydrogens is 204 g/mol. The molecule has 0 bridgehead atoms. The molecule has 92 valence electrons. The highest BCUT2D eigenvalue weighted by Crippen LogP contribution is 2.25. The number of amides is 1. The number of carbonyl (C=O) groups excluding carboxylic acids is 1. The molecule has 16 heavy (non-hydrogen) atoms. The van der Waals surface area contributed by atoms with Crippen molar-refractivity contribution in [2.45, 2.75) is 32.2 Å². The van der Waals surface area contributed by atoms with E-state index in [1.165, 1.54) is 12.8 Å². The van der Waals surface area contributed by atoms with Crippen LogP contribution in [0, 0.1) is 5.92 Å². The first kappa shape index (κ1) is 11.9. The number of fused-ring (bicyclic) bond motifs is 1. The van der Waals surface area contributed by atoms with E-state index < -0.39 is 0 Å². The molecule has 0 aromatic heterocycles. The zero-order valence-electron chi connectivity index (χ0n) is 10.1. The first-order valence-corrected chi connectivity index (χ1v) is 6.40. The minimum atomic E-state index is 0.254. The van der Waals surface area contributed by atoms with E-state index in [-0.39, 0.29) is 5.91 Å². The third-order valence-electron chi connectivity index (χ3n) is 3.62. The van der Waals surface area contributed by atoms with Gasteiger partial charge in [-0.15, -0.1) is 0 Å². The third kappa shape index (κ3) is 2.74. The molecule has 2 rings (SSSR count). The van der Waals surface area contributed by atoms with Crippen LogP contribution < -0.4 is 5.32 Å². The Balaban J connectivity index is 1.76. The summed E-state index contributed by atoms with van der Waals surface area (Å²) in [6.07, 6.45) is 3.06. The molecule has 0 radical (unpaired) electrons. The molecule has 2 aliphatic heterocycles. The van der Waals surface area contributed by atoms with Gasteiger partial charge in [0.05, 0.1) is 13.0 Å². The number of piperidine rings is 1. The lowest BCUT2D eigenvalue weighted by molar-refractivity contribution is -0.131. The topological polar surface area (TPSA) is 41.6 Å². The molecule has 2 heterocycles. The Hall–Kier alpha value is -0.610. The summed E-state index contributed by atoms with van der Waals surface area (Å²) >= 11 is 0. The number of carbonyl (C=O) groups is 1. The Labute approximate surface area is 97.3 Å². The van der Waals surface area contributed by atoms with Crippen LogP contribution in [0.25, 0.3) is 0 Å². The fourth-order valence-corrected chi connectivity index (χ4v) is 2.71. The summed E-state index contributed by atoms with van der Waals surface area (Å²) in [4.78, 5) is 13.9. The largest absolute Gasteiger partial charge is 0.381 e. The summed E-state index contributed by atoms with van der Waals surface area (Å²) in [7, 11) is 0. The predicted molar refractivity (Wildman–Crippen MR) is 62.2 cm³/mol. The van der Waals surface area contributed by atoms with Gasteiger partial charge in [-0.3, -0.25) is 4.79 Å². The highest BCUT2D eigenvalue weighted by atomic mass is 16.5. The van der Waals surface area contributed by atoms with Gasteiger partial charge < -0.3 is 15.0 Å². The van der Waals surface area contributed by atoms with Crippen molar-refractivity contribution in [3.8, 4) is 0 Å². The number of likely N-dealkylation sites (tertiary alicyclic amines) is 1. The van der Waals surface area contributed by atoms with Crippen molar-refractivity contribution in [3.05, 3.63) is 0 Å². The van der Waals surface area contributed by atoms with E-state index in [4.69, 9.17) is 4.74 Å². The quantitative estimate of drug-likeness (QED) is 0.715. The standard InChI is InChI=1S/C12H22N2O2/c1-2-16-7-5-12(15)14-8-10-4-3-6-13-11(10)9-14/h10-11,13H,2-9H2,1H3/t10-,11+/m0/s1. The maximum absolute atomic E-state index is 11.9. The van der Waals surface area contributed by atoms with E-state index in [1.54, 1.807) is 0 Å². The first-order valence-electron chi connectivity index (χ1n) is 6.40. The van der Waals surface area contributed by atoms with E-state index in [9.17, 15) is 4.79 Å². The summed E-state index contributed by atoms with van der Waals surface area (Å²) in [5.41, 5.74) is 0. The number of rotatable bonds is 4. The van der Waals surface area contributed by atoms with Crippen molar-refractivity contribution in [1.82, 2.24) is 10.2 Å². The van der Waals surface area contributed by atoms with Crippen molar-refractivity contribution >= 4 is 5.91 Å². The van der Waals surface area contributed by atoms with Crippen LogP contribution in [0.4, 0.5) is 0 Å². The van der Waals surface area contributed by atoms with E-state index >= 15 is 0 Å². The van der Waals surface area contributed by atoms with Crippen LogP contribution in [0.3, 0.4) is 0 Å². The maximum Gasteiger partial charge on any atom is 0.224 e. The molecular formula is C12H22N2O2. The molecule has 2 saturated heterocycles. The number of nitrogens with zero attached hydrogens (tertiary/aromatic N) is 1.